The average molecular weight is 514 g/mol. The molecule has 1 heterocycles. The standard InChI is InChI=1S/C26H31N3O6S/c1-18(2)17-35-23(30)16-21-25(32)27-12-13-29(21)26(36)28-24(31)20-10-6-7-11-22(20)34-15-14-33-19-8-4-3-5-9-19/h3-11,18,21H,12-17H2,1-2H3,(H,27,32)(H,28,31,36). The highest BCUT2D eigenvalue weighted by atomic mass is 32.1. The smallest absolute Gasteiger partial charge is 0.308 e. The first-order valence-corrected chi connectivity index (χ1v) is 12.2. The number of benzene rings is 2. The molecule has 1 aliphatic heterocycles. The summed E-state index contributed by atoms with van der Waals surface area (Å²) in [4.78, 5) is 39.3. The number of thiocarbonyl (C=S) groups is 1. The minimum atomic E-state index is -0.868. The molecule has 0 bridgehead atoms. The van der Waals surface area contributed by atoms with Crippen molar-refractivity contribution in [2.24, 2.45) is 5.92 Å². The molecule has 0 spiro atoms. The normalized spacial score (nSPS) is 15.1. The number of hydrogen-bond acceptors (Lipinski definition) is 7. The summed E-state index contributed by atoms with van der Waals surface area (Å²) in [5, 5.41) is 5.46. The molecule has 1 saturated heterocycles. The second-order valence-corrected chi connectivity index (χ2v) is 8.93. The van der Waals surface area contributed by atoms with Gasteiger partial charge in [-0.05, 0) is 42.4 Å². The summed E-state index contributed by atoms with van der Waals surface area (Å²) in [6, 6.07) is 15.3. The molecule has 1 fully saturated rings. The van der Waals surface area contributed by atoms with E-state index >= 15 is 0 Å². The van der Waals surface area contributed by atoms with Gasteiger partial charge in [0.1, 0.15) is 30.8 Å². The summed E-state index contributed by atoms with van der Waals surface area (Å²) >= 11 is 5.44. The third-order valence-electron chi connectivity index (χ3n) is 5.23. The number of nitrogens with zero attached hydrogens (tertiary/aromatic N) is 1. The van der Waals surface area contributed by atoms with Gasteiger partial charge in [0.05, 0.1) is 18.6 Å². The molecule has 2 amide bonds. The SMILES string of the molecule is CC(C)COC(=O)CC1C(=O)NCCN1C(=S)NC(=O)c1ccccc1OCCOc1ccccc1. The van der Waals surface area contributed by atoms with E-state index in [2.05, 4.69) is 10.6 Å². The molecule has 9 nitrogen and oxygen atoms in total. The number of para-hydroxylation sites is 2. The van der Waals surface area contributed by atoms with E-state index < -0.39 is 17.9 Å². The summed E-state index contributed by atoms with van der Waals surface area (Å²) in [6.45, 7) is 5.34. The summed E-state index contributed by atoms with van der Waals surface area (Å²) in [6.07, 6.45) is -0.171. The van der Waals surface area contributed by atoms with Gasteiger partial charge in [-0.1, -0.05) is 44.2 Å². The van der Waals surface area contributed by atoms with Crippen molar-refractivity contribution in [3.8, 4) is 11.5 Å². The van der Waals surface area contributed by atoms with Crippen LogP contribution in [0.4, 0.5) is 0 Å². The average Bonchev–Trinajstić information content (AvgIpc) is 2.87. The quantitative estimate of drug-likeness (QED) is 0.284. The zero-order valence-corrected chi connectivity index (χ0v) is 21.2. The van der Waals surface area contributed by atoms with Gasteiger partial charge < -0.3 is 24.4 Å². The summed E-state index contributed by atoms with van der Waals surface area (Å²) in [7, 11) is 0. The molecule has 36 heavy (non-hydrogen) atoms. The maximum absolute atomic E-state index is 13.0. The lowest BCUT2D eigenvalue weighted by atomic mass is 10.1. The first-order valence-electron chi connectivity index (χ1n) is 11.8. The van der Waals surface area contributed by atoms with Gasteiger partial charge in [0.15, 0.2) is 5.11 Å². The lowest BCUT2D eigenvalue weighted by Gasteiger charge is -2.36. The van der Waals surface area contributed by atoms with Crippen LogP contribution in [0.15, 0.2) is 54.6 Å². The van der Waals surface area contributed by atoms with Crippen LogP contribution in [0.5, 0.6) is 11.5 Å². The Hall–Kier alpha value is -3.66. The van der Waals surface area contributed by atoms with Crippen molar-refractivity contribution in [2.45, 2.75) is 26.3 Å². The van der Waals surface area contributed by atoms with E-state index in [-0.39, 0.29) is 42.1 Å². The van der Waals surface area contributed by atoms with Crippen molar-refractivity contribution < 1.29 is 28.6 Å². The molecular weight excluding hydrogens is 482 g/mol. The maximum atomic E-state index is 13.0. The Labute approximate surface area is 216 Å². The van der Waals surface area contributed by atoms with Crippen LogP contribution in [0.2, 0.25) is 0 Å². The Balaban J connectivity index is 1.59. The number of piperazine rings is 1. The van der Waals surface area contributed by atoms with Crippen molar-refractivity contribution in [3.05, 3.63) is 60.2 Å². The van der Waals surface area contributed by atoms with Gasteiger partial charge in [-0.25, -0.2) is 0 Å². The number of carbonyl (C=O) groups is 3. The van der Waals surface area contributed by atoms with Crippen LogP contribution in [-0.4, -0.2) is 66.7 Å². The van der Waals surface area contributed by atoms with Crippen LogP contribution in [-0.2, 0) is 14.3 Å². The van der Waals surface area contributed by atoms with Crippen molar-refractivity contribution in [3.63, 3.8) is 0 Å². The lowest BCUT2D eigenvalue weighted by molar-refractivity contribution is -0.148. The molecule has 0 saturated carbocycles. The minimum Gasteiger partial charge on any atom is -0.490 e. The molecule has 3 rings (SSSR count). The second kappa shape index (κ2) is 13.4. The zero-order valence-electron chi connectivity index (χ0n) is 20.4. The van der Waals surface area contributed by atoms with Crippen molar-refractivity contribution in [1.29, 1.82) is 0 Å². The molecule has 2 N–H and O–H groups in total. The fraction of sp³-hybridized carbons (Fsp3) is 0.385. The molecule has 2 aromatic rings. The van der Waals surface area contributed by atoms with Gasteiger partial charge in [-0.15, -0.1) is 0 Å². The highest BCUT2D eigenvalue weighted by Gasteiger charge is 2.34. The minimum absolute atomic E-state index is 0.0544. The molecule has 1 atom stereocenters. The Kier molecular flexibility index (Phi) is 10.1. The lowest BCUT2D eigenvalue weighted by Crippen LogP contribution is -2.60. The summed E-state index contributed by atoms with van der Waals surface area (Å²) < 4.78 is 16.6. The molecule has 10 heteroatoms. The van der Waals surface area contributed by atoms with Crippen LogP contribution in [0.1, 0.15) is 30.6 Å². The molecule has 2 aromatic carbocycles. The zero-order chi connectivity index (χ0) is 25.9. The summed E-state index contributed by atoms with van der Waals surface area (Å²) in [5.41, 5.74) is 0.286. The fourth-order valence-corrected chi connectivity index (χ4v) is 3.79. The third kappa shape index (κ3) is 7.94. The van der Waals surface area contributed by atoms with Crippen LogP contribution < -0.4 is 20.1 Å². The number of carbonyl (C=O) groups excluding carboxylic acids is 3. The van der Waals surface area contributed by atoms with E-state index in [1.165, 1.54) is 0 Å². The second-order valence-electron chi connectivity index (χ2n) is 8.55. The molecular formula is C26H31N3O6S. The number of nitrogens with one attached hydrogen (secondary N) is 2. The maximum Gasteiger partial charge on any atom is 0.308 e. The number of amides is 2. The number of ether oxygens (including phenoxy) is 3. The predicted octanol–water partition coefficient (Wildman–Crippen LogP) is 2.55. The Bertz CT molecular complexity index is 1060. The molecule has 1 unspecified atom stereocenters. The summed E-state index contributed by atoms with van der Waals surface area (Å²) in [5.74, 6) is -0.0438. The van der Waals surface area contributed by atoms with Gasteiger partial charge in [-0.3, -0.25) is 19.7 Å². The van der Waals surface area contributed by atoms with E-state index in [1.807, 2.05) is 44.2 Å². The van der Waals surface area contributed by atoms with E-state index in [4.69, 9.17) is 26.4 Å². The van der Waals surface area contributed by atoms with Gasteiger partial charge >= 0.3 is 5.97 Å². The Morgan fingerprint density at radius 3 is 2.53 bits per heavy atom. The van der Waals surface area contributed by atoms with Gasteiger partial charge in [0.2, 0.25) is 5.91 Å². The third-order valence-corrected chi connectivity index (χ3v) is 5.57. The van der Waals surface area contributed by atoms with Crippen LogP contribution in [0.25, 0.3) is 0 Å². The molecule has 0 aliphatic carbocycles. The Morgan fingerprint density at radius 2 is 1.78 bits per heavy atom. The van der Waals surface area contributed by atoms with Crippen LogP contribution in [0, 0.1) is 5.92 Å². The number of rotatable bonds is 10. The van der Waals surface area contributed by atoms with Gasteiger partial charge in [0, 0.05) is 13.1 Å². The van der Waals surface area contributed by atoms with E-state index in [1.54, 1.807) is 29.2 Å². The number of esters is 1. The van der Waals surface area contributed by atoms with Gasteiger partial charge in [0.25, 0.3) is 5.91 Å². The van der Waals surface area contributed by atoms with Crippen molar-refractivity contribution >= 4 is 35.1 Å². The highest BCUT2D eigenvalue weighted by molar-refractivity contribution is 7.80. The highest BCUT2D eigenvalue weighted by Crippen LogP contribution is 2.19. The largest absolute Gasteiger partial charge is 0.490 e. The molecule has 192 valence electrons. The molecule has 0 radical (unpaired) electrons. The molecule has 1 aliphatic rings. The van der Waals surface area contributed by atoms with E-state index in [9.17, 15) is 14.4 Å². The first-order chi connectivity index (χ1) is 17.3. The van der Waals surface area contributed by atoms with Gasteiger partial charge in [-0.2, -0.15) is 0 Å². The fourth-order valence-electron chi connectivity index (χ4n) is 3.48. The van der Waals surface area contributed by atoms with Crippen LogP contribution >= 0.6 is 12.2 Å². The number of hydrogen-bond donors (Lipinski definition) is 2. The monoisotopic (exact) mass is 513 g/mol. The predicted molar refractivity (Wildman–Crippen MR) is 138 cm³/mol. The Morgan fingerprint density at radius 1 is 1.08 bits per heavy atom. The van der Waals surface area contributed by atoms with Crippen LogP contribution in [0.3, 0.4) is 0 Å². The first kappa shape index (κ1) is 26.9. The topological polar surface area (TPSA) is 106 Å². The molecule has 0 aromatic heterocycles. The van der Waals surface area contributed by atoms with E-state index in [0.29, 0.717) is 25.4 Å². The van der Waals surface area contributed by atoms with Crippen molar-refractivity contribution in [1.82, 2.24) is 15.5 Å². The van der Waals surface area contributed by atoms with Crippen molar-refractivity contribution in [2.75, 3.05) is 32.9 Å². The van der Waals surface area contributed by atoms with E-state index in [0.717, 1.165) is 5.75 Å².